The first-order chi connectivity index (χ1) is 11.4. The van der Waals surface area contributed by atoms with Gasteiger partial charge in [-0.05, 0) is 23.8 Å². The van der Waals surface area contributed by atoms with Crippen molar-refractivity contribution < 1.29 is 0 Å². The van der Waals surface area contributed by atoms with Crippen molar-refractivity contribution in [3.63, 3.8) is 0 Å². The quantitative estimate of drug-likeness (QED) is 0.745. The van der Waals surface area contributed by atoms with Gasteiger partial charge < -0.3 is 4.90 Å². The van der Waals surface area contributed by atoms with Gasteiger partial charge in [0.1, 0.15) is 6.33 Å². The highest BCUT2D eigenvalue weighted by atomic mass is 15.3. The maximum absolute atomic E-state index is 4.29. The fourth-order valence-corrected chi connectivity index (χ4v) is 3.17. The Morgan fingerprint density at radius 3 is 2.57 bits per heavy atom. The molecular weight excluding hydrogens is 284 g/mol. The molecule has 2 heterocycles. The smallest absolute Gasteiger partial charge is 0.116 e. The van der Waals surface area contributed by atoms with E-state index in [1.165, 1.54) is 11.3 Å². The monoisotopic (exact) mass is 304 g/mol. The SMILES string of the molecule is c1ccc(CN2CCN(c3ccc4ncncc4c3)CC2)cc1. The van der Waals surface area contributed by atoms with E-state index in [-0.39, 0.29) is 0 Å². The van der Waals surface area contributed by atoms with Crippen molar-refractivity contribution in [1.29, 1.82) is 0 Å². The number of rotatable bonds is 3. The van der Waals surface area contributed by atoms with Crippen molar-refractivity contribution in [2.75, 3.05) is 31.1 Å². The molecule has 0 N–H and O–H groups in total. The molecule has 0 amide bonds. The Kier molecular flexibility index (Phi) is 3.90. The summed E-state index contributed by atoms with van der Waals surface area (Å²) in [5, 5.41) is 1.11. The Hall–Kier alpha value is -2.46. The minimum Gasteiger partial charge on any atom is -0.369 e. The molecule has 0 spiro atoms. The van der Waals surface area contributed by atoms with Gasteiger partial charge in [0.2, 0.25) is 0 Å². The van der Waals surface area contributed by atoms with E-state index in [2.05, 4.69) is 68.3 Å². The summed E-state index contributed by atoms with van der Waals surface area (Å²) in [5.74, 6) is 0. The molecule has 0 saturated carbocycles. The summed E-state index contributed by atoms with van der Waals surface area (Å²) < 4.78 is 0. The maximum Gasteiger partial charge on any atom is 0.116 e. The van der Waals surface area contributed by atoms with Crippen LogP contribution in [0.4, 0.5) is 5.69 Å². The molecule has 4 rings (SSSR count). The Morgan fingerprint density at radius 2 is 1.74 bits per heavy atom. The zero-order valence-corrected chi connectivity index (χ0v) is 13.1. The number of anilines is 1. The van der Waals surface area contributed by atoms with Gasteiger partial charge in [0.15, 0.2) is 0 Å². The highest BCUT2D eigenvalue weighted by Crippen LogP contribution is 2.21. The predicted octanol–water partition coefficient (Wildman–Crippen LogP) is 2.95. The first kappa shape index (κ1) is 14.2. The Balaban J connectivity index is 1.42. The Morgan fingerprint density at radius 1 is 0.913 bits per heavy atom. The molecule has 116 valence electrons. The van der Waals surface area contributed by atoms with Gasteiger partial charge in [0.05, 0.1) is 5.52 Å². The van der Waals surface area contributed by atoms with E-state index in [0.29, 0.717) is 0 Å². The van der Waals surface area contributed by atoms with Gasteiger partial charge in [0.25, 0.3) is 0 Å². The second-order valence-corrected chi connectivity index (χ2v) is 6.01. The highest BCUT2D eigenvalue weighted by molar-refractivity contribution is 5.81. The van der Waals surface area contributed by atoms with Crippen LogP contribution in [0, 0.1) is 0 Å². The Bertz CT molecular complexity index is 779. The third-order valence-electron chi connectivity index (χ3n) is 4.47. The van der Waals surface area contributed by atoms with Crippen molar-refractivity contribution in [3.05, 3.63) is 66.6 Å². The summed E-state index contributed by atoms with van der Waals surface area (Å²) in [4.78, 5) is 13.4. The molecule has 0 atom stereocenters. The van der Waals surface area contributed by atoms with E-state index in [1.54, 1.807) is 6.33 Å². The molecular formula is C19H20N4. The van der Waals surface area contributed by atoms with Crippen molar-refractivity contribution in [3.8, 4) is 0 Å². The zero-order chi connectivity index (χ0) is 15.5. The number of hydrogen-bond acceptors (Lipinski definition) is 4. The van der Waals surface area contributed by atoms with E-state index < -0.39 is 0 Å². The van der Waals surface area contributed by atoms with Crippen LogP contribution in [0.15, 0.2) is 61.1 Å². The van der Waals surface area contributed by atoms with Crippen LogP contribution in [0.5, 0.6) is 0 Å². The number of fused-ring (bicyclic) bond motifs is 1. The minimum atomic E-state index is 1.01. The van der Waals surface area contributed by atoms with E-state index >= 15 is 0 Å². The Labute approximate surface area is 136 Å². The summed E-state index contributed by atoms with van der Waals surface area (Å²) >= 11 is 0. The molecule has 3 aromatic rings. The van der Waals surface area contributed by atoms with Crippen molar-refractivity contribution in [2.45, 2.75) is 6.54 Å². The molecule has 0 radical (unpaired) electrons. The lowest BCUT2D eigenvalue weighted by Crippen LogP contribution is -2.45. The third kappa shape index (κ3) is 3.17. The van der Waals surface area contributed by atoms with Gasteiger partial charge in [-0.25, -0.2) is 9.97 Å². The molecule has 2 aromatic carbocycles. The van der Waals surface area contributed by atoms with Crippen LogP contribution in [0.25, 0.3) is 10.9 Å². The second kappa shape index (κ2) is 6.34. The number of hydrogen-bond donors (Lipinski definition) is 0. The van der Waals surface area contributed by atoms with Gasteiger partial charge in [-0.3, -0.25) is 4.90 Å². The summed E-state index contributed by atoms with van der Waals surface area (Å²) in [7, 11) is 0. The second-order valence-electron chi connectivity index (χ2n) is 6.01. The third-order valence-corrected chi connectivity index (χ3v) is 4.47. The molecule has 1 aromatic heterocycles. The van der Waals surface area contributed by atoms with Crippen molar-refractivity contribution in [2.24, 2.45) is 0 Å². The molecule has 1 saturated heterocycles. The van der Waals surface area contributed by atoms with Crippen LogP contribution < -0.4 is 4.90 Å². The molecule has 0 aliphatic carbocycles. The molecule has 4 nitrogen and oxygen atoms in total. The summed E-state index contributed by atoms with van der Waals surface area (Å²) in [6.45, 7) is 5.36. The van der Waals surface area contributed by atoms with Gasteiger partial charge in [-0.1, -0.05) is 30.3 Å². The maximum atomic E-state index is 4.29. The number of benzene rings is 2. The average Bonchev–Trinajstić information content (AvgIpc) is 2.63. The van der Waals surface area contributed by atoms with Gasteiger partial charge in [-0.2, -0.15) is 0 Å². The van der Waals surface area contributed by atoms with E-state index in [4.69, 9.17) is 0 Å². The lowest BCUT2D eigenvalue weighted by Gasteiger charge is -2.36. The number of piperazine rings is 1. The molecule has 23 heavy (non-hydrogen) atoms. The molecule has 1 aliphatic heterocycles. The summed E-state index contributed by atoms with van der Waals surface area (Å²) in [6, 6.07) is 17.2. The predicted molar refractivity (Wildman–Crippen MR) is 93.5 cm³/mol. The van der Waals surface area contributed by atoms with Crippen LogP contribution in [0.2, 0.25) is 0 Å². The fraction of sp³-hybridized carbons (Fsp3) is 0.263. The number of nitrogens with zero attached hydrogens (tertiary/aromatic N) is 4. The van der Waals surface area contributed by atoms with Crippen LogP contribution in [-0.4, -0.2) is 41.0 Å². The largest absolute Gasteiger partial charge is 0.369 e. The molecule has 0 unspecified atom stereocenters. The highest BCUT2D eigenvalue weighted by Gasteiger charge is 2.17. The molecule has 4 heteroatoms. The minimum absolute atomic E-state index is 1.01. The van der Waals surface area contributed by atoms with Crippen molar-refractivity contribution >= 4 is 16.6 Å². The van der Waals surface area contributed by atoms with Gasteiger partial charge >= 0.3 is 0 Å². The zero-order valence-electron chi connectivity index (χ0n) is 13.1. The van der Waals surface area contributed by atoms with Gasteiger partial charge in [0, 0.05) is 50.0 Å². The number of aromatic nitrogens is 2. The van der Waals surface area contributed by atoms with E-state index in [0.717, 1.165) is 43.6 Å². The molecule has 0 bridgehead atoms. The van der Waals surface area contributed by atoms with Crippen LogP contribution in [0.3, 0.4) is 0 Å². The fourth-order valence-electron chi connectivity index (χ4n) is 3.17. The lowest BCUT2D eigenvalue weighted by atomic mass is 10.1. The first-order valence-corrected chi connectivity index (χ1v) is 8.09. The standard InChI is InChI=1S/C19H20N4/c1-2-4-16(5-3-1)14-22-8-10-23(11-9-22)18-6-7-19-17(12-18)13-20-15-21-19/h1-7,12-13,15H,8-11,14H2. The van der Waals surface area contributed by atoms with Crippen molar-refractivity contribution in [1.82, 2.24) is 14.9 Å². The van der Waals surface area contributed by atoms with E-state index in [9.17, 15) is 0 Å². The summed E-state index contributed by atoms with van der Waals surface area (Å²) in [6.07, 6.45) is 3.49. The lowest BCUT2D eigenvalue weighted by molar-refractivity contribution is 0.250. The van der Waals surface area contributed by atoms with Crippen LogP contribution >= 0.6 is 0 Å². The summed E-state index contributed by atoms with van der Waals surface area (Å²) in [5.41, 5.74) is 3.67. The topological polar surface area (TPSA) is 32.3 Å². The van der Waals surface area contributed by atoms with Crippen LogP contribution in [0.1, 0.15) is 5.56 Å². The van der Waals surface area contributed by atoms with Crippen LogP contribution in [-0.2, 0) is 6.54 Å². The normalized spacial score (nSPS) is 15.9. The molecule has 1 fully saturated rings. The van der Waals surface area contributed by atoms with E-state index in [1.807, 2.05) is 6.20 Å². The van der Waals surface area contributed by atoms with Gasteiger partial charge in [-0.15, -0.1) is 0 Å². The average molecular weight is 304 g/mol. The first-order valence-electron chi connectivity index (χ1n) is 8.09. The molecule has 1 aliphatic rings.